The second-order valence-corrected chi connectivity index (χ2v) is 3.99. The molecule has 1 rings (SSSR count). The molecule has 0 aliphatic rings. The number of hydrogen-bond acceptors (Lipinski definition) is 5. The van der Waals surface area contributed by atoms with Crippen LogP contribution in [-0.4, -0.2) is 38.5 Å². The number of carboxylic acid groups (broad SMARTS) is 1. The zero-order valence-electron chi connectivity index (χ0n) is 10.2. The fourth-order valence-corrected chi connectivity index (χ4v) is 1.26. The van der Waals surface area contributed by atoms with Crippen LogP contribution in [0.25, 0.3) is 0 Å². The average molecular weight is 255 g/mol. The molecule has 4 N–H and O–H groups in total. The Balaban J connectivity index is 2.27. The molecule has 1 aromatic rings. The SMILES string of the molecule is CC(CCNC(=O)Cn1cc(CN)nn1)C(=O)O. The van der Waals surface area contributed by atoms with E-state index in [9.17, 15) is 9.59 Å². The summed E-state index contributed by atoms with van der Waals surface area (Å²) < 4.78 is 1.39. The molecule has 1 amide bonds. The van der Waals surface area contributed by atoms with Crippen molar-refractivity contribution in [3.05, 3.63) is 11.9 Å². The molecule has 18 heavy (non-hydrogen) atoms. The second-order valence-electron chi connectivity index (χ2n) is 3.99. The first-order valence-corrected chi connectivity index (χ1v) is 5.61. The third kappa shape index (κ3) is 4.50. The summed E-state index contributed by atoms with van der Waals surface area (Å²) in [5.74, 6) is -1.57. The van der Waals surface area contributed by atoms with Crippen LogP contribution < -0.4 is 11.1 Å². The van der Waals surface area contributed by atoms with Crippen molar-refractivity contribution >= 4 is 11.9 Å². The molecule has 0 aliphatic carbocycles. The summed E-state index contributed by atoms with van der Waals surface area (Å²) in [4.78, 5) is 22.0. The van der Waals surface area contributed by atoms with Gasteiger partial charge in [0.05, 0.1) is 17.8 Å². The summed E-state index contributed by atoms with van der Waals surface area (Å²) in [6.07, 6.45) is 1.99. The van der Waals surface area contributed by atoms with E-state index in [4.69, 9.17) is 10.8 Å². The summed E-state index contributed by atoms with van der Waals surface area (Å²) in [5, 5.41) is 18.8. The van der Waals surface area contributed by atoms with E-state index in [1.807, 2.05) is 0 Å². The highest BCUT2D eigenvalue weighted by molar-refractivity contribution is 5.75. The largest absolute Gasteiger partial charge is 0.481 e. The first-order chi connectivity index (χ1) is 8.52. The van der Waals surface area contributed by atoms with Crippen molar-refractivity contribution in [1.82, 2.24) is 20.3 Å². The minimum atomic E-state index is -0.867. The molecular weight excluding hydrogens is 238 g/mol. The van der Waals surface area contributed by atoms with Crippen LogP contribution in [0.2, 0.25) is 0 Å². The lowest BCUT2D eigenvalue weighted by molar-refractivity contribution is -0.141. The van der Waals surface area contributed by atoms with Crippen LogP contribution in [0.15, 0.2) is 6.20 Å². The molecule has 1 heterocycles. The highest BCUT2D eigenvalue weighted by atomic mass is 16.4. The molecule has 1 aromatic heterocycles. The second kappa shape index (κ2) is 6.70. The van der Waals surface area contributed by atoms with Crippen LogP contribution in [0.1, 0.15) is 19.0 Å². The standard InChI is InChI=1S/C10H17N5O3/c1-7(10(17)18)2-3-12-9(16)6-15-5-8(4-11)13-14-15/h5,7H,2-4,6,11H2,1H3,(H,12,16)(H,17,18). The molecule has 0 saturated heterocycles. The quantitative estimate of drug-likeness (QED) is 0.572. The summed E-state index contributed by atoms with van der Waals surface area (Å²) in [5.41, 5.74) is 5.98. The van der Waals surface area contributed by atoms with Gasteiger partial charge in [-0.25, -0.2) is 4.68 Å². The number of nitrogens with two attached hydrogens (primary N) is 1. The minimum absolute atomic E-state index is 0.0501. The van der Waals surface area contributed by atoms with E-state index in [2.05, 4.69) is 15.6 Å². The van der Waals surface area contributed by atoms with Gasteiger partial charge in [-0.05, 0) is 6.42 Å². The zero-order chi connectivity index (χ0) is 13.5. The van der Waals surface area contributed by atoms with Crippen molar-refractivity contribution < 1.29 is 14.7 Å². The van der Waals surface area contributed by atoms with Crippen molar-refractivity contribution in [2.24, 2.45) is 11.7 Å². The number of rotatable bonds is 7. The molecule has 0 bridgehead atoms. The van der Waals surface area contributed by atoms with Crippen molar-refractivity contribution in [3.63, 3.8) is 0 Å². The number of nitrogens with one attached hydrogen (secondary N) is 1. The highest BCUT2D eigenvalue weighted by Gasteiger charge is 2.11. The van der Waals surface area contributed by atoms with Crippen LogP contribution in [0, 0.1) is 5.92 Å². The average Bonchev–Trinajstić information content (AvgIpc) is 2.76. The van der Waals surface area contributed by atoms with Crippen LogP contribution in [-0.2, 0) is 22.7 Å². The Labute approximate surface area is 104 Å². The maximum absolute atomic E-state index is 11.5. The van der Waals surface area contributed by atoms with Gasteiger partial charge in [0.1, 0.15) is 6.54 Å². The molecule has 1 atom stereocenters. The van der Waals surface area contributed by atoms with Crippen molar-refractivity contribution in [3.8, 4) is 0 Å². The van der Waals surface area contributed by atoms with Gasteiger partial charge in [-0.3, -0.25) is 9.59 Å². The maximum Gasteiger partial charge on any atom is 0.306 e. The number of amides is 1. The highest BCUT2D eigenvalue weighted by Crippen LogP contribution is 1.99. The van der Waals surface area contributed by atoms with Gasteiger partial charge in [-0.2, -0.15) is 0 Å². The molecule has 0 spiro atoms. The first kappa shape index (κ1) is 14.1. The number of hydrogen-bond donors (Lipinski definition) is 3. The topological polar surface area (TPSA) is 123 Å². The van der Waals surface area contributed by atoms with Gasteiger partial charge in [-0.15, -0.1) is 5.10 Å². The van der Waals surface area contributed by atoms with E-state index in [-0.39, 0.29) is 19.0 Å². The Bertz CT molecular complexity index is 417. The van der Waals surface area contributed by atoms with Gasteiger partial charge in [0.25, 0.3) is 0 Å². The van der Waals surface area contributed by atoms with Crippen molar-refractivity contribution in [1.29, 1.82) is 0 Å². The molecule has 1 unspecified atom stereocenters. The van der Waals surface area contributed by atoms with Gasteiger partial charge in [0.2, 0.25) is 5.91 Å². The Hall–Kier alpha value is -1.96. The van der Waals surface area contributed by atoms with E-state index in [1.54, 1.807) is 13.1 Å². The van der Waals surface area contributed by atoms with Crippen LogP contribution in [0.3, 0.4) is 0 Å². The smallest absolute Gasteiger partial charge is 0.306 e. The van der Waals surface area contributed by atoms with Gasteiger partial charge < -0.3 is 16.2 Å². The van der Waals surface area contributed by atoms with Crippen molar-refractivity contribution in [2.45, 2.75) is 26.4 Å². The zero-order valence-corrected chi connectivity index (χ0v) is 10.2. The van der Waals surface area contributed by atoms with E-state index in [0.717, 1.165) is 0 Å². The Morgan fingerprint density at radius 1 is 1.61 bits per heavy atom. The molecule has 0 fully saturated rings. The fourth-order valence-electron chi connectivity index (χ4n) is 1.26. The fraction of sp³-hybridized carbons (Fsp3) is 0.600. The number of nitrogens with zero attached hydrogens (tertiary/aromatic N) is 3. The van der Waals surface area contributed by atoms with Crippen LogP contribution in [0.5, 0.6) is 0 Å². The lowest BCUT2D eigenvalue weighted by Gasteiger charge is -2.07. The summed E-state index contributed by atoms with van der Waals surface area (Å²) in [7, 11) is 0. The third-order valence-corrected chi connectivity index (χ3v) is 2.42. The number of aliphatic carboxylic acids is 1. The number of carboxylic acids is 1. The predicted molar refractivity (Wildman–Crippen MR) is 62.3 cm³/mol. The molecule has 0 aromatic carbocycles. The predicted octanol–water partition coefficient (Wildman–Crippen LogP) is -1.04. The first-order valence-electron chi connectivity index (χ1n) is 5.61. The van der Waals surface area contributed by atoms with Gasteiger partial charge in [0, 0.05) is 13.1 Å². The van der Waals surface area contributed by atoms with E-state index in [0.29, 0.717) is 18.7 Å². The van der Waals surface area contributed by atoms with Crippen molar-refractivity contribution in [2.75, 3.05) is 6.54 Å². The van der Waals surface area contributed by atoms with Gasteiger partial charge >= 0.3 is 5.97 Å². The molecule has 0 aliphatic heterocycles. The minimum Gasteiger partial charge on any atom is -0.481 e. The number of aromatic nitrogens is 3. The maximum atomic E-state index is 11.5. The Morgan fingerprint density at radius 3 is 2.89 bits per heavy atom. The van der Waals surface area contributed by atoms with E-state index in [1.165, 1.54) is 4.68 Å². The lowest BCUT2D eigenvalue weighted by Crippen LogP contribution is -2.30. The molecule has 0 saturated carbocycles. The van der Waals surface area contributed by atoms with Crippen LogP contribution in [0.4, 0.5) is 0 Å². The monoisotopic (exact) mass is 255 g/mol. The third-order valence-electron chi connectivity index (χ3n) is 2.42. The summed E-state index contributed by atoms with van der Waals surface area (Å²) in [6.45, 7) is 2.25. The molecule has 100 valence electrons. The van der Waals surface area contributed by atoms with Gasteiger partial charge in [0.15, 0.2) is 0 Å². The molecule has 8 nitrogen and oxygen atoms in total. The Kier molecular flexibility index (Phi) is 5.25. The molecular formula is C10H17N5O3. The van der Waals surface area contributed by atoms with Crippen LogP contribution >= 0.6 is 0 Å². The summed E-state index contributed by atoms with van der Waals surface area (Å²) in [6, 6.07) is 0. The number of carbonyl (C=O) groups is 2. The molecule has 0 radical (unpaired) electrons. The van der Waals surface area contributed by atoms with Gasteiger partial charge in [-0.1, -0.05) is 12.1 Å². The van der Waals surface area contributed by atoms with E-state index < -0.39 is 11.9 Å². The summed E-state index contributed by atoms with van der Waals surface area (Å²) >= 11 is 0. The Morgan fingerprint density at radius 2 is 2.33 bits per heavy atom. The normalized spacial score (nSPS) is 12.1. The van der Waals surface area contributed by atoms with E-state index >= 15 is 0 Å². The number of carbonyl (C=O) groups excluding carboxylic acids is 1. The molecule has 8 heteroatoms. The lowest BCUT2D eigenvalue weighted by atomic mass is 10.1.